The van der Waals surface area contributed by atoms with E-state index in [2.05, 4.69) is 5.32 Å². The Labute approximate surface area is 164 Å². The average molecular weight is 439 g/mol. The molecule has 0 aliphatic carbocycles. The van der Waals surface area contributed by atoms with Crippen molar-refractivity contribution in [1.29, 1.82) is 0 Å². The van der Waals surface area contributed by atoms with Gasteiger partial charge in [0.2, 0.25) is 15.9 Å². The summed E-state index contributed by atoms with van der Waals surface area (Å²) in [4.78, 5) is 12.5. The van der Waals surface area contributed by atoms with Crippen molar-refractivity contribution in [3.05, 3.63) is 58.9 Å². The number of carbonyl (C=O) groups excluding carboxylic acids is 1. The lowest BCUT2D eigenvalue weighted by Gasteiger charge is -2.28. The Balaban J connectivity index is 2.33. The first-order valence-electron chi connectivity index (χ1n) is 7.73. The smallest absolute Gasteiger partial charge is 0.324 e. The number of rotatable bonds is 5. The molecular formula is C17H15ClF4N2O3S. The fraction of sp³-hybridized carbons (Fsp3) is 0.235. The van der Waals surface area contributed by atoms with Crippen LogP contribution in [0.5, 0.6) is 0 Å². The van der Waals surface area contributed by atoms with Gasteiger partial charge in [-0.1, -0.05) is 11.6 Å². The molecule has 0 aliphatic rings. The van der Waals surface area contributed by atoms with Gasteiger partial charge in [0.15, 0.2) is 0 Å². The third-order valence-corrected chi connectivity index (χ3v) is 5.28. The van der Waals surface area contributed by atoms with Crippen LogP contribution < -0.4 is 9.62 Å². The fourth-order valence-electron chi connectivity index (χ4n) is 2.46. The van der Waals surface area contributed by atoms with Crippen LogP contribution in [0, 0.1) is 5.82 Å². The summed E-state index contributed by atoms with van der Waals surface area (Å²) < 4.78 is 77.0. The van der Waals surface area contributed by atoms with E-state index in [1.54, 1.807) is 0 Å². The molecule has 2 rings (SSSR count). The minimum atomic E-state index is -4.73. The maximum Gasteiger partial charge on any atom is 0.417 e. The molecule has 0 radical (unpaired) electrons. The van der Waals surface area contributed by atoms with E-state index in [0.717, 1.165) is 34.8 Å². The van der Waals surface area contributed by atoms with Crippen molar-refractivity contribution >= 4 is 38.9 Å². The number of benzene rings is 2. The maximum absolute atomic E-state index is 13.1. The number of carbonyl (C=O) groups is 1. The number of anilines is 2. The Morgan fingerprint density at radius 1 is 1.14 bits per heavy atom. The van der Waals surface area contributed by atoms with Crippen LogP contribution in [0.3, 0.4) is 0 Å². The third-order valence-electron chi connectivity index (χ3n) is 3.71. The highest BCUT2D eigenvalue weighted by molar-refractivity contribution is 7.92. The SMILES string of the molecule is C[C@@H](C(=O)Nc1ccc(Cl)c(C(F)(F)F)c1)N(c1ccc(F)cc1)S(C)(=O)=O. The predicted molar refractivity (Wildman–Crippen MR) is 98.3 cm³/mol. The molecule has 0 spiro atoms. The van der Waals surface area contributed by atoms with Crippen LogP contribution in [0.2, 0.25) is 5.02 Å². The van der Waals surface area contributed by atoms with Gasteiger partial charge in [0.25, 0.3) is 0 Å². The van der Waals surface area contributed by atoms with Crippen LogP contribution in [-0.2, 0) is 21.0 Å². The van der Waals surface area contributed by atoms with Gasteiger partial charge in [-0.3, -0.25) is 9.10 Å². The van der Waals surface area contributed by atoms with Crippen molar-refractivity contribution < 1.29 is 30.8 Å². The molecule has 28 heavy (non-hydrogen) atoms. The summed E-state index contributed by atoms with van der Waals surface area (Å²) in [5, 5.41) is 1.70. The predicted octanol–water partition coefficient (Wildman–Crippen LogP) is 4.29. The molecule has 0 saturated heterocycles. The Morgan fingerprint density at radius 2 is 1.71 bits per heavy atom. The second-order valence-electron chi connectivity index (χ2n) is 5.89. The molecule has 0 unspecified atom stereocenters. The summed E-state index contributed by atoms with van der Waals surface area (Å²) in [5.74, 6) is -1.49. The van der Waals surface area contributed by atoms with Crippen molar-refractivity contribution in [2.24, 2.45) is 0 Å². The summed E-state index contributed by atoms with van der Waals surface area (Å²) in [7, 11) is -3.96. The van der Waals surface area contributed by atoms with Gasteiger partial charge >= 0.3 is 6.18 Å². The van der Waals surface area contributed by atoms with Gasteiger partial charge < -0.3 is 5.32 Å². The summed E-state index contributed by atoms with van der Waals surface area (Å²) in [6.45, 7) is 1.25. The molecule has 0 fully saturated rings. The first-order valence-corrected chi connectivity index (χ1v) is 9.96. The molecule has 0 aliphatic heterocycles. The first kappa shape index (κ1) is 22.0. The molecule has 0 bridgehead atoms. The van der Waals surface area contributed by atoms with Gasteiger partial charge in [0, 0.05) is 5.69 Å². The minimum absolute atomic E-state index is 0.0265. The highest BCUT2D eigenvalue weighted by Crippen LogP contribution is 2.36. The monoisotopic (exact) mass is 438 g/mol. The quantitative estimate of drug-likeness (QED) is 0.708. The zero-order valence-electron chi connectivity index (χ0n) is 14.6. The van der Waals surface area contributed by atoms with Gasteiger partial charge in [-0.15, -0.1) is 0 Å². The van der Waals surface area contributed by atoms with Gasteiger partial charge in [0.05, 0.1) is 22.5 Å². The zero-order chi connectivity index (χ0) is 21.3. The molecule has 1 N–H and O–H groups in total. The van der Waals surface area contributed by atoms with Crippen LogP contribution in [0.1, 0.15) is 12.5 Å². The van der Waals surface area contributed by atoms with Crippen molar-refractivity contribution in [2.45, 2.75) is 19.1 Å². The van der Waals surface area contributed by atoms with E-state index < -0.39 is 44.6 Å². The first-order chi connectivity index (χ1) is 12.8. The number of hydrogen-bond acceptors (Lipinski definition) is 3. The zero-order valence-corrected chi connectivity index (χ0v) is 16.2. The summed E-state index contributed by atoms with van der Waals surface area (Å²) in [6.07, 6.45) is -3.87. The van der Waals surface area contributed by atoms with Gasteiger partial charge in [-0.2, -0.15) is 13.2 Å². The van der Waals surface area contributed by atoms with E-state index in [9.17, 15) is 30.8 Å². The number of amides is 1. The molecule has 5 nitrogen and oxygen atoms in total. The Hall–Kier alpha value is -2.33. The molecule has 0 heterocycles. The molecule has 1 amide bonds. The van der Waals surface area contributed by atoms with Crippen LogP contribution >= 0.6 is 11.6 Å². The summed E-state index contributed by atoms with van der Waals surface area (Å²) in [6, 6.07) is 5.83. The summed E-state index contributed by atoms with van der Waals surface area (Å²) in [5.41, 5.74) is -1.32. The lowest BCUT2D eigenvalue weighted by molar-refractivity contribution is -0.137. The fourth-order valence-corrected chi connectivity index (χ4v) is 3.86. The van der Waals surface area contributed by atoms with Gasteiger partial charge in [0.1, 0.15) is 11.9 Å². The van der Waals surface area contributed by atoms with Gasteiger partial charge in [-0.25, -0.2) is 12.8 Å². The largest absolute Gasteiger partial charge is 0.417 e. The van der Waals surface area contributed by atoms with Crippen LogP contribution in [0.25, 0.3) is 0 Å². The minimum Gasteiger partial charge on any atom is -0.324 e. The number of alkyl halides is 3. The number of halogens is 5. The number of nitrogens with zero attached hydrogens (tertiary/aromatic N) is 1. The number of sulfonamides is 1. The van der Waals surface area contributed by atoms with Crippen LogP contribution in [0.15, 0.2) is 42.5 Å². The molecule has 11 heteroatoms. The van der Waals surface area contributed by atoms with E-state index >= 15 is 0 Å². The highest BCUT2D eigenvalue weighted by atomic mass is 35.5. The third kappa shape index (κ3) is 5.14. The van der Waals surface area contributed by atoms with E-state index in [-0.39, 0.29) is 11.4 Å². The molecular weight excluding hydrogens is 424 g/mol. The second-order valence-corrected chi connectivity index (χ2v) is 8.16. The lowest BCUT2D eigenvalue weighted by atomic mass is 10.2. The molecule has 2 aromatic carbocycles. The number of hydrogen-bond donors (Lipinski definition) is 1. The van der Waals surface area contributed by atoms with E-state index in [0.29, 0.717) is 6.07 Å². The Kier molecular flexibility index (Phi) is 6.24. The Bertz CT molecular complexity index is 979. The Morgan fingerprint density at radius 3 is 2.21 bits per heavy atom. The van der Waals surface area contributed by atoms with Crippen molar-refractivity contribution in [3.63, 3.8) is 0 Å². The lowest BCUT2D eigenvalue weighted by Crippen LogP contribution is -2.45. The van der Waals surface area contributed by atoms with E-state index in [1.807, 2.05) is 0 Å². The van der Waals surface area contributed by atoms with Crippen LogP contribution in [-0.4, -0.2) is 26.6 Å². The summed E-state index contributed by atoms with van der Waals surface area (Å²) >= 11 is 5.53. The van der Waals surface area contributed by atoms with Crippen molar-refractivity contribution in [2.75, 3.05) is 15.9 Å². The highest BCUT2D eigenvalue weighted by Gasteiger charge is 2.34. The maximum atomic E-state index is 13.1. The topological polar surface area (TPSA) is 66.5 Å². The van der Waals surface area contributed by atoms with Gasteiger partial charge in [-0.05, 0) is 49.4 Å². The van der Waals surface area contributed by atoms with Crippen LogP contribution in [0.4, 0.5) is 28.9 Å². The number of nitrogens with one attached hydrogen (secondary N) is 1. The molecule has 1 atom stereocenters. The normalized spacial score (nSPS) is 13.1. The molecule has 0 aromatic heterocycles. The standard InChI is InChI=1S/C17H15ClF4N2O3S/c1-10(24(28(2,26)27)13-6-3-11(19)4-7-13)16(25)23-12-5-8-15(18)14(9-12)17(20,21)22/h3-10H,1-2H3,(H,23,25)/t10-/m0/s1. The van der Waals surface area contributed by atoms with Crippen molar-refractivity contribution in [3.8, 4) is 0 Å². The van der Waals surface area contributed by atoms with Crippen molar-refractivity contribution in [1.82, 2.24) is 0 Å². The average Bonchev–Trinajstić information content (AvgIpc) is 2.56. The molecule has 2 aromatic rings. The molecule has 152 valence electrons. The van der Waals surface area contributed by atoms with E-state index in [1.165, 1.54) is 19.1 Å². The van der Waals surface area contributed by atoms with E-state index in [4.69, 9.17) is 11.6 Å². The molecule has 0 saturated carbocycles. The second kappa shape index (κ2) is 7.96.